The lowest BCUT2D eigenvalue weighted by Gasteiger charge is -2.05. The van der Waals surface area contributed by atoms with Crippen LogP contribution < -0.4 is 5.43 Å². The fraction of sp³-hybridized carbons (Fsp3) is 0.105. The summed E-state index contributed by atoms with van der Waals surface area (Å²) in [4.78, 5) is 8.76. The molecule has 0 spiro atoms. The van der Waals surface area contributed by atoms with Gasteiger partial charge < -0.3 is 0 Å². The maximum atomic E-state index is 4.60. The third-order valence-corrected chi connectivity index (χ3v) is 3.90. The van der Waals surface area contributed by atoms with Crippen molar-refractivity contribution < 1.29 is 0 Å². The van der Waals surface area contributed by atoms with Crippen LogP contribution >= 0.6 is 0 Å². The molecule has 0 amide bonds. The topological polar surface area (TPSA) is 50.2 Å². The lowest BCUT2D eigenvalue weighted by atomic mass is 10.1. The summed E-state index contributed by atoms with van der Waals surface area (Å²) in [5, 5.41) is 4.60. The molecular formula is C19H16N4. The zero-order valence-corrected chi connectivity index (χ0v) is 13.0. The van der Waals surface area contributed by atoms with Crippen LogP contribution in [0.2, 0.25) is 0 Å². The maximum Gasteiger partial charge on any atom is 0.243 e. The quantitative estimate of drug-likeness (QED) is 0.570. The molecule has 0 saturated heterocycles. The van der Waals surface area contributed by atoms with Crippen molar-refractivity contribution >= 4 is 11.7 Å². The minimum atomic E-state index is 0.525. The lowest BCUT2D eigenvalue weighted by Crippen LogP contribution is -2.05. The van der Waals surface area contributed by atoms with Crippen LogP contribution in [-0.2, 0) is 0 Å². The van der Waals surface area contributed by atoms with E-state index in [2.05, 4.69) is 56.9 Å². The Labute approximate surface area is 134 Å². The highest BCUT2D eigenvalue weighted by Crippen LogP contribution is 2.36. The number of aryl methyl sites for hydroxylation is 2. The first-order valence-corrected chi connectivity index (χ1v) is 7.57. The average Bonchev–Trinajstić information content (AvgIpc) is 2.86. The Bertz CT molecular complexity index is 860. The van der Waals surface area contributed by atoms with Gasteiger partial charge in [0.05, 0.1) is 5.71 Å². The molecule has 0 saturated carbocycles. The summed E-state index contributed by atoms with van der Waals surface area (Å²) < 4.78 is 0. The Morgan fingerprint density at radius 2 is 1.22 bits per heavy atom. The third kappa shape index (κ3) is 2.38. The molecule has 1 aliphatic carbocycles. The Hall–Kier alpha value is -3.01. The minimum Gasteiger partial charge on any atom is -0.245 e. The molecule has 23 heavy (non-hydrogen) atoms. The van der Waals surface area contributed by atoms with Crippen molar-refractivity contribution in [1.29, 1.82) is 0 Å². The van der Waals surface area contributed by atoms with Gasteiger partial charge in [0.15, 0.2) is 0 Å². The number of hydrogen-bond acceptors (Lipinski definition) is 4. The summed E-state index contributed by atoms with van der Waals surface area (Å²) in [5.74, 6) is 0.525. The van der Waals surface area contributed by atoms with E-state index in [1.165, 1.54) is 11.1 Å². The summed E-state index contributed by atoms with van der Waals surface area (Å²) in [5.41, 5.74) is 10.5. The van der Waals surface area contributed by atoms with Gasteiger partial charge in [0.2, 0.25) is 5.95 Å². The Morgan fingerprint density at radius 1 is 0.739 bits per heavy atom. The van der Waals surface area contributed by atoms with Gasteiger partial charge in [-0.3, -0.25) is 0 Å². The second-order valence-electron chi connectivity index (χ2n) is 5.64. The second-order valence-corrected chi connectivity index (χ2v) is 5.64. The largest absolute Gasteiger partial charge is 0.245 e. The number of anilines is 1. The molecule has 4 heteroatoms. The predicted octanol–water partition coefficient (Wildman–Crippen LogP) is 3.94. The average molecular weight is 300 g/mol. The van der Waals surface area contributed by atoms with Crippen molar-refractivity contribution in [2.75, 3.05) is 5.43 Å². The van der Waals surface area contributed by atoms with Crippen molar-refractivity contribution in [2.45, 2.75) is 13.8 Å². The van der Waals surface area contributed by atoms with Gasteiger partial charge in [-0.2, -0.15) is 5.10 Å². The fourth-order valence-electron chi connectivity index (χ4n) is 3.00. The van der Waals surface area contributed by atoms with Crippen LogP contribution in [0.4, 0.5) is 5.95 Å². The Kier molecular flexibility index (Phi) is 3.15. The smallest absolute Gasteiger partial charge is 0.243 e. The van der Waals surface area contributed by atoms with Crippen molar-refractivity contribution in [2.24, 2.45) is 5.10 Å². The summed E-state index contributed by atoms with van der Waals surface area (Å²) in [6, 6.07) is 18.6. The maximum absolute atomic E-state index is 4.60. The molecule has 0 aliphatic heterocycles. The van der Waals surface area contributed by atoms with Crippen molar-refractivity contribution in [3.05, 3.63) is 77.1 Å². The number of nitrogens with one attached hydrogen (secondary N) is 1. The molecule has 3 aromatic rings. The number of rotatable bonds is 2. The van der Waals surface area contributed by atoms with Crippen LogP contribution in [0.25, 0.3) is 11.1 Å². The summed E-state index contributed by atoms with van der Waals surface area (Å²) >= 11 is 0. The normalized spacial score (nSPS) is 11.8. The predicted molar refractivity (Wildman–Crippen MR) is 92.6 cm³/mol. The van der Waals surface area contributed by atoms with Crippen LogP contribution in [0.5, 0.6) is 0 Å². The van der Waals surface area contributed by atoms with Crippen molar-refractivity contribution in [3.63, 3.8) is 0 Å². The zero-order chi connectivity index (χ0) is 15.8. The molecule has 0 unspecified atom stereocenters. The number of nitrogens with zero attached hydrogens (tertiary/aromatic N) is 3. The molecule has 4 rings (SSSR count). The van der Waals surface area contributed by atoms with Gasteiger partial charge >= 0.3 is 0 Å². The van der Waals surface area contributed by atoms with Gasteiger partial charge in [0.25, 0.3) is 0 Å². The SMILES string of the molecule is Cc1cc(C)nc(NN=C2c3ccccc3-c3ccccc32)n1. The molecule has 1 N–H and O–H groups in total. The molecule has 0 atom stereocenters. The number of fused-ring (bicyclic) bond motifs is 3. The van der Waals surface area contributed by atoms with Gasteiger partial charge in [0.1, 0.15) is 0 Å². The first kappa shape index (κ1) is 13.6. The van der Waals surface area contributed by atoms with E-state index in [0.717, 1.165) is 28.2 Å². The highest BCUT2D eigenvalue weighted by molar-refractivity contribution is 6.24. The molecule has 112 valence electrons. The van der Waals surface area contributed by atoms with E-state index in [1.807, 2.05) is 32.0 Å². The zero-order valence-electron chi connectivity index (χ0n) is 13.0. The molecule has 0 radical (unpaired) electrons. The standard InChI is InChI=1S/C19H16N4/c1-12-11-13(2)21-19(20-12)23-22-18-16-9-5-3-7-14(16)15-8-4-6-10-17(15)18/h3-11H,1-2H3,(H,20,21,23). The van der Waals surface area contributed by atoms with Crippen molar-refractivity contribution in [1.82, 2.24) is 9.97 Å². The molecular weight excluding hydrogens is 284 g/mol. The number of aromatic nitrogens is 2. The molecule has 1 heterocycles. The second kappa shape index (κ2) is 5.32. The van der Waals surface area contributed by atoms with Gasteiger partial charge in [-0.25, -0.2) is 15.4 Å². The molecule has 0 bridgehead atoms. The first-order chi connectivity index (χ1) is 11.2. The molecule has 2 aromatic carbocycles. The first-order valence-electron chi connectivity index (χ1n) is 7.57. The van der Waals surface area contributed by atoms with Gasteiger partial charge in [-0.05, 0) is 31.0 Å². The number of hydrazone groups is 1. The monoisotopic (exact) mass is 300 g/mol. The summed E-state index contributed by atoms with van der Waals surface area (Å²) in [6.45, 7) is 3.90. The highest BCUT2D eigenvalue weighted by Gasteiger charge is 2.23. The van der Waals surface area contributed by atoms with Crippen LogP contribution in [0.1, 0.15) is 22.5 Å². The van der Waals surface area contributed by atoms with Crippen LogP contribution in [0.3, 0.4) is 0 Å². The summed E-state index contributed by atoms with van der Waals surface area (Å²) in [6.07, 6.45) is 0. The lowest BCUT2D eigenvalue weighted by molar-refractivity contribution is 1.03. The van der Waals surface area contributed by atoms with E-state index in [9.17, 15) is 0 Å². The molecule has 0 fully saturated rings. The Morgan fingerprint density at radius 3 is 1.74 bits per heavy atom. The molecule has 1 aromatic heterocycles. The van der Waals surface area contributed by atoms with Crippen molar-refractivity contribution in [3.8, 4) is 11.1 Å². The highest BCUT2D eigenvalue weighted by atomic mass is 15.4. The van der Waals surface area contributed by atoms with E-state index < -0.39 is 0 Å². The third-order valence-electron chi connectivity index (χ3n) is 3.90. The van der Waals surface area contributed by atoms with E-state index in [0.29, 0.717) is 5.95 Å². The van der Waals surface area contributed by atoms with Gasteiger partial charge in [-0.15, -0.1) is 0 Å². The number of hydrogen-bond donors (Lipinski definition) is 1. The summed E-state index contributed by atoms with van der Waals surface area (Å²) in [7, 11) is 0. The van der Waals surface area contributed by atoms with Gasteiger partial charge in [0, 0.05) is 22.5 Å². The van der Waals surface area contributed by atoms with E-state index in [1.54, 1.807) is 0 Å². The van der Waals surface area contributed by atoms with Crippen LogP contribution in [0.15, 0.2) is 59.7 Å². The van der Waals surface area contributed by atoms with E-state index >= 15 is 0 Å². The minimum absolute atomic E-state index is 0.525. The molecule has 1 aliphatic rings. The Balaban J connectivity index is 1.79. The number of benzene rings is 2. The van der Waals surface area contributed by atoms with E-state index in [4.69, 9.17) is 0 Å². The van der Waals surface area contributed by atoms with E-state index in [-0.39, 0.29) is 0 Å². The fourth-order valence-corrected chi connectivity index (χ4v) is 3.00. The van der Waals surface area contributed by atoms with Crippen LogP contribution in [-0.4, -0.2) is 15.7 Å². The van der Waals surface area contributed by atoms with Crippen LogP contribution in [0, 0.1) is 13.8 Å². The van der Waals surface area contributed by atoms with Gasteiger partial charge in [-0.1, -0.05) is 48.5 Å². The molecule has 4 nitrogen and oxygen atoms in total.